The third kappa shape index (κ3) is 4.71. The van der Waals surface area contributed by atoms with E-state index >= 15 is 0 Å². The molecular weight excluding hydrogens is 358 g/mol. The Bertz CT molecular complexity index is 967. The number of rotatable bonds is 5. The van der Waals surface area contributed by atoms with Crippen molar-refractivity contribution in [2.24, 2.45) is 5.41 Å². The molecule has 3 aromatic rings. The summed E-state index contributed by atoms with van der Waals surface area (Å²) in [6.45, 7) is 5.83. The average Bonchev–Trinajstić information content (AvgIpc) is 3.08. The van der Waals surface area contributed by atoms with Gasteiger partial charge in [-0.25, -0.2) is 4.98 Å². The van der Waals surface area contributed by atoms with Gasteiger partial charge in [0.1, 0.15) is 0 Å². The summed E-state index contributed by atoms with van der Waals surface area (Å²) in [4.78, 5) is 28.5. The molecule has 2 N–H and O–H groups in total. The predicted molar refractivity (Wildman–Crippen MR) is 111 cm³/mol. The highest BCUT2D eigenvalue weighted by Crippen LogP contribution is 2.30. The summed E-state index contributed by atoms with van der Waals surface area (Å²) in [5, 5.41) is 10.4. The SMILES string of the molecule is CC(C)(C)C(=O)NCCC(=O)Nc1nc(-c2cccc3ccccc23)cs1. The summed E-state index contributed by atoms with van der Waals surface area (Å²) in [7, 11) is 0. The number of amides is 2. The number of nitrogens with one attached hydrogen (secondary N) is 2. The summed E-state index contributed by atoms with van der Waals surface area (Å²) in [5.74, 6) is -0.231. The third-order valence-electron chi connectivity index (χ3n) is 4.13. The van der Waals surface area contributed by atoms with Gasteiger partial charge >= 0.3 is 0 Å². The van der Waals surface area contributed by atoms with Crippen molar-refractivity contribution in [3.05, 3.63) is 47.8 Å². The maximum Gasteiger partial charge on any atom is 0.227 e. The fourth-order valence-corrected chi connectivity index (χ4v) is 3.37. The van der Waals surface area contributed by atoms with Gasteiger partial charge in [-0.3, -0.25) is 9.59 Å². The maximum atomic E-state index is 12.1. The molecule has 0 aliphatic carbocycles. The molecule has 1 aromatic heterocycles. The zero-order valence-corrected chi connectivity index (χ0v) is 16.5. The average molecular weight is 382 g/mol. The van der Waals surface area contributed by atoms with Crippen LogP contribution >= 0.6 is 11.3 Å². The van der Waals surface area contributed by atoms with E-state index in [0.29, 0.717) is 11.7 Å². The van der Waals surface area contributed by atoms with Crippen molar-refractivity contribution in [2.75, 3.05) is 11.9 Å². The second-order valence-electron chi connectivity index (χ2n) is 7.37. The molecular formula is C21H23N3O2S. The number of carbonyl (C=O) groups excluding carboxylic acids is 2. The van der Waals surface area contributed by atoms with E-state index in [0.717, 1.165) is 22.0 Å². The van der Waals surface area contributed by atoms with Gasteiger partial charge in [0.25, 0.3) is 0 Å². The van der Waals surface area contributed by atoms with Gasteiger partial charge in [-0.05, 0) is 10.8 Å². The Balaban J connectivity index is 1.63. The van der Waals surface area contributed by atoms with E-state index in [9.17, 15) is 9.59 Å². The van der Waals surface area contributed by atoms with Crippen molar-refractivity contribution in [3.8, 4) is 11.3 Å². The van der Waals surface area contributed by atoms with Crippen molar-refractivity contribution in [2.45, 2.75) is 27.2 Å². The molecule has 140 valence electrons. The van der Waals surface area contributed by atoms with Crippen LogP contribution in [0.25, 0.3) is 22.0 Å². The van der Waals surface area contributed by atoms with Crippen LogP contribution in [0.5, 0.6) is 0 Å². The number of hydrogen-bond acceptors (Lipinski definition) is 4. The van der Waals surface area contributed by atoms with Crippen LogP contribution in [-0.4, -0.2) is 23.3 Å². The molecule has 0 atom stereocenters. The lowest BCUT2D eigenvalue weighted by molar-refractivity contribution is -0.128. The number of carbonyl (C=O) groups is 2. The zero-order valence-electron chi connectivity index (χ0n) is 15.7. The minimum Gasteiger partial charge on any atom is -0.355 e. The molecule has 0 bridgehead atoms. The Kier molecular flexibility index (Phi) is 5.56. The fourth-order valence-electron chi connectivity index (χ4n) is 2.64. The summed E-state index contributed by atoms with van der Waals surface area (Å²) in [6, 6.07) is 14.3. The maximum absolute atomic E-state index is 12.1. The van der Waals surface area contributed by atoms with Gasteiger partial charge in [-0.15, -0.1) is 11.3 Å². The van der Waals surface area contributed by atoms with Gasteiger partial charge in [0.2, 0.25) is 11.8 Å². The first-order valence-electron chi connectivity index (χ1n) is 8.86. The normalized spacial score (nSPS) is 11.4. The Morgan fingerprint density at radius 1 is 1.07 bits per heavy atom. The monoisotopic (exact) mass is 381 g/mol. The van der Waals surface area contributed by atoms with Gasteiger partial charge in [0, 0.05) is 29.3 Å². The summed E-state index contributed by atoms with van der Waals surface area (Å²) >= 11 is 1.39. The second kappa shape index (κ2) is 7.88. The van der Waals surface area contributed by atoms with E-state index in [1.54, 1.807) is 0 Å². The standard InChI is InChI=1S/C21H23N3O2S/c1-21(2,3)19(26)22-12-11-18(25)24-20-23-17(13-27-20)16-10-6-8-14-7-4-5-9-15(14)16/h4-10,13H,11-12H2,1-3H3,(H,22,26)(H,23,24,25). The van der Waals surface area contributed by atoms with Crippen molar-refractivity contribution >= 4 is 39.1 Å². The summed E-state index contributed by atoms with van der Waals surface area (Å²) in [6.07, 6.45) is 0.213. The quantitative estimate of drug-likeness (QED) is 0.686. The molecule has 0 spiro atoms. The molecule has 2 aromatic carbocycles. The molecule has 2 amide bonds. The second-order valence-corrected chi connectivity index (χ2v) is 8.23. The molecule has 3 rings (SSSR count). The van der Waals surface area contributed by atoms with Crippen LogP contribution in [0.4, 0.5) is 5.13 Å². The number of aromatic nitrogens is 1. The van der Waals surface area contributed by atoms with Gasteiger partial charge in [0.15, 0.2) is 5.13 Å². The van der Waals surface area contributed by atoms with E-state index in [2.05, 4.69) is 33.8 Å². The first-order chi connectivity index (χ1) is 12.8. The Hall–Kier alpha value is -2.73. The Labute approximate surface area is 162 Å². The van der Waals surface area contributed by atoms with Crippen molar-refractivity contribution in [3.63, 3.8) is 0 Å². The van der Waals surface area contributed by atoms with Gasteiger partial charge in [-0.1, -0.05) is 63.2 Å². The Morgan fingerprint density at radius 3 is 2.59 bits per heavy atom. The van der Waals surface area contributed by atoms with Crippen molar-refractivity contribution in [1.29, 1.82) is 0 Å². The molecule has 0 fully saturated rings. The molecule has 27 heavy (non-hydrogen) atoms. The molecule has 5 nitrogen and oxygen atoms in total. The van der Waals surface area contributed by atoms with Crippen LogP contribution in [-0.2, 0) is 9.59 Å². The highest BCUT2D eigenvalue weighted by molar-refractivity contribution is 7.14. The summed E-state index contributed by atoms with van der Waals surface area (Å²) in [5.41, 5.74) is 1.43. The van der Waals surface area contributed by atoms with Crippen LogP contribution in [0.15, 0.2) is 47.8 Å². The first kappa shape index (κ1) is 19.0. The predicted octanol–water partition coefficient (Wildman–Crippen LogP) is 4.45. The van der Waals surface area contributed by atoms with Gasteiger partial charge < -0.3 is 10.6 Å². The molecule has 0 unspecified atom stereocenters. The van der Waals surface area contributed by atoms with Crippen LogP contribution in [0.2, 0.25) is 0 Å². The van der Waals surface area contributed by atoms with E-state index in [-0.39, 0.29) is 18.2 Å². The van der Waals surface area contributed by atoms with E-state index in [4.69, 9.17) is 0 Å². The van der Waals surface area contributed by atoms with E-state index in [1.165, 1.54) is 11.3 Å². The number of thiazole rings is 1. The smallest absolute Gasteiger partial charge is 0.227 e. The first-order valence-corrected chi connectivity index (χ1v) is 9.74. The lowest BCUT2D eigenvalue weighted by Crippen LogP contribution is -2.36. The molecule has 0 saturated carbocycles. The molecule has 0 saturated heterocycles. The molecule has 0 radical (unpaired) electrons. The largest absolute Gasteiger partial charge is 0.355 e. The van der Waals surface area contributed by atoms with Gasteiger partial charge in [-0.2, -0.15) is 0 Å². The molecule has 0 aliphatic rings. The molecule has 1 heterocycles. The van der Waals surface area contributed by atoms with Gasteiger partial charge in [0.05, 0.1) is 5.69 Å². The Morgan fingerprint density at radius 2 is 1.81 bits per heavy atom. The number of hydrogen-bond donors (Lipinski definition) is 2. The van der Waals surface area contributed by atoms with Crippen LogP contribution in [0.3, 0.4) is 0 Å². The number of benzene rings is 2. The minimum absolute atomic E-state index is 0.0669. The van der Waals surface area contributed by atoms with Crippen molar-refractivity contribution < 1.29 is 9.59 Å². The lowest BCUT2D eigenvalue weighted by Gasteiger charge is -2.17. The van der Waals surface area contributed by atoms with E-state index in [1.807, 2.05) is 50.4 Å². The third-order valence-corrected chi connectivity index (χ3v) is 4.89. The zero-order chi connectivity index (χ0) is 19.4. The topological polar surface area (TPSA) is 71.1 Å². The fraction of sp³-hybridized carbons (Fsp3) is 0.286. The highest BCUT2D eigenvalue weighted by atomic mass is 32.1. The summed E-state index contributed by atoms with van der Waals surface area (Å²) < 4.78 is 0. The molecule has 0 aliphatic heterocycles. The lowest BCUT2D eigenvalue weighted by atomic mass is 9.96. The number of nitrogens with zero attached hydrogens (tertiary/aromatic N) is 1. The number of anilines is 1. The number of fused-ring (bicyclic) bond motifs is 1. The molecule has 6 heteroatoms. The van der Waals surface area contributed by atoms with Crippen molar-refractivity contribution in [1.82, 2.24) is 10.3 Å². The van der Waals surface area contributed by atoms with Crippen LogP contribution in [0.1, 0.15) is 27.2 Å². The minimum atomic E-state index is -0.459. The van der Waals surface area contributed by atoms with Crippen LogP contribution in [0, 0.1) is 5.41 Å². The highest BCUT2D eigenvalue weighted by Gasteiger charge is 2.20. The van der Waals surface area contributed by atoms with Crippen LogP contribution < -0.4 is 10.6 Å². The van der Waals surface area contributed by atoms with E-state index < -0.39 is 5.41 Å².